The molecule has 0 unspecified atom stereocenters. The topological polar surface area (TPSA) is 208 Å². The molecule has 1 aromatic rings. The van der Waals surface area contributed by atoms with Crippen molar-refractivity contribution in [2.24, 2.45) is 0 Å². The molecule has 16 heteroatoms. The summed E-state index contributed by atoms with van der Waals surface area (Å²) in [5.41, 5.74) is 0.590. The average Bonchev–Trinajstić information content (AvgIpc) is 3.07. The molecule has 1 aromatic carbocycles. The van der Waals surface area contributed by atoms with Crippen LogP contribution in [-0.2, 0) is 61.9 Å². The van der Waals surface area contributed by atoms with Gasteiger partial charge < -0.3 is 43.8 Å². The monoisotopic (exact) mass is 708 g/mol. The maximum Gasteiger partial charge on any atom is 0.308 e. The second-order valence-corrected chi connectivity index (χ2v) is 11.5. The molecule has 0 aliphatic carbocycles. The van der Waals surface area contributed by atoms with Crippen LogP contribution in [0.3, 0.4) is 0 Å². The smallest absolute Gasteiger partial charge is 0.308 e. The minimum atomic E-state index is -1.50. The molecule has 0 spiro atoms. The van der Waals surface area contributed by atoms with Gasteiger partial charge in [0.15, 0.2) is 18.5 Å². The Morgan fingerprint density at radius 3 is 1.92 bits per heavy atom. The Morgan fingerprint density at radius 2 is 1.34 bits per heavy atom. The number of rotatable bonds is 20. The van der Waals surface area contributed by atoms with Crippen LogP contribution in [0.15, 0.2) is 30.3 Å². The third-order valence-corrected chi connectivity index (χ3v) is 7.50. The van der Waals surface area contributed by atoms with Gasteiger partial charge in [-0.05, 0) is 25.0 Å². The molecule has 278 valence electrons. The molecule has 0 bridgehead atoms. The van der Waals surface area contributed by atoms with Gasteiger partial charge in [0.05, 0.1) is 33.2 Å². The van der Waals surface area contributed by atoms with E-state index in [-0.39, 0.29) is 12.3 Å². The van der Waals surface area contributed by atoms with Crippen LogP contribution in [0.2, 0.25) is 0 Å². The van der Waals surface area contributed by atoms with Crippen LogP contribution >= 0.6 is 0 Å². The van der Waals surface area contributed by atoms with Crippen molar-refractivity contribution >= 4 is 41.7 Å². The molecular formula is C34H48N2O14. The highest BCUT2D eigenvalue weighted by Gasteiger charge is 2.52. The number of benzene rings is 1. The molecule has 1 saturated heterocycles. The van der Waals surface area contributed by atoms with Crippen LogP contribution < -0.4 is 10.6 Å². The highest BCUT2D eigenvalue weighted by atomic mass is 16.7. The van der Waals surface area contributed by atoms with E-state index in [0.29, 0.717) is 24.9 Å². The second kappa shape index (κ2) is 22.2. The van der Waals surface area contributed by atoms with E-state index in [9.17, 15) is 33.6 Å². The van der Waals surface area contributed by atoms with Crippen molar-refractivity contribution in [1.29, 1.82) is 0 Å². The third kappa shape index (κ3) is 15.3. The Labute approximate surface area is 291 Å². The number of methoxy groups -OCH3 is 2. The first-order chi connectivity index (χ1) is 23.8. The van der Waals surface area contributed by atoms with E-state index >= 15 is 0 Å². The van der Waals surface area contributed by atoms with Gasteiger partial charge in [-0.2, -0.15) is 0 Å². The lowest BCUT2D eigenvalue weighted by molar-refractivity contribution is -0.288. The Morgan fingerprint density at radius 1 is 0.760 bits per heavy atom. The van der Waals surface area contributed by atoms with Crippen molar-refractivity contribution in [1.82, 2.24) is 10.6 Å². The maximum absolute atomic E-state index is 13.3. The number of amides is 2. The van der Waals surface area contributed by atoms with Crippen LogP contribution in [0.1, 0.15) is 82.5 Å². The maximum atomic E-state index is 13.3. The summed E-state index contributed by atoms with van der Waals surface area (Å²) in [4.78, 5) is 85.8. The van der Waals surface area contributed by atoms with Crippen LogP contribution in [0.4, 0.5) is 0 Å². The molecule has 0 saturated carbocycles. The Kier molecular flexibility index (Phi) is 18.5. The minimum Gasteiger partial charge on any atom is -0.469 e. The molecule has 5 atom stereocenters. The molecule has 1 heterocycles. The summed E-state index contributed by atoms with van der Waals surface area (Å²) in [6, 6.07) is 7.60. The Balaban J connectivity index is 2.15. The van der Waals surface area contributed by atoms with Crippen LogP contribution in [0.25, 0.3) is 0 Å². The summed E-state index contributed by atoms with van der Waals surface area (Å²) in [6.07, 6.45) is -3.87. The Bertz CT molecular complexity index is 1270. The molecule has 1 aliphatic heterocycles. The first-order valence-corrected chi connectivity index (χ1v) is 16.4. The summed E-state index contributed by atoms with van der Waals surface area (Å²) < 4.78 is 37.6. The van der Waals surface area contributed by atoms with Crippen molar-refractivity contribution in [3.8, 4) is 0 Å². The third-order valence-electron chi connectivity index (χ3n) is 7.50. The molecule has 2 N–H and O–H groups in total. The summed E-state index contributed by atoms with van der Waals surface area (Å²) in [6.45, 7) is 3.44. The van der Waals surface area contributed by atoms with Crippen molar-refractivity contribution in [2.75, 3.05) is 27.4 Å². The molecule has 1 aliphatic rings. The van der Waals surface area contributed by atoms with Gasteiger partial charge >= 0.3 is 29.8 Å². The van der Waals surface area contributed by atoms with Gasteiger partial charge in [0, 0.05) is 39.3 Å². The van der Waals surface area contributed by atoms with Gasteiger partial charge in [0.1, 0.15) is 18.8 Å². The number of unbranched alkanes of at least 4 members (excludes halogenated alkanes) is 4. The lowest BCUT2D eigenvalue weighted by Crippen LogP contribution is -2.67. The first-order valence-electron chi connectivity index (χ1n) is 16.4. The molecule has 1 fully saturated rings. The van der Waals surface area contributed by atoms with Crippen molar-refractivity contribution in [3.63, 3.8) is 0 Å². The highest BCUT2D eigenvalue weighted by Crippen LogP contribution is 2.30. The van der Waals surface area contributed by atoms with Gasteiger partial charge in [-0.3, -0.25) is 33.6 Å². The van der Waals surface area contributed by atoms with Crippen molar-refractivity contribution < 1.29 is 66.7 Å². The van der Waals surface area contributed by atoms with E-state index < -0.39 is 91.9 Å². The average molecular weight is 709 g/mol. The molecule has 2 amide bonds. The fourth-order valence-electron chi connectivity index (χ4n) is 5.16. The van der Waals surface area contributed by atoms with Crippen LogP contribution in [0.5, 0.6) is 0 Å². The number of hydrogen-bond acceptors (Lipinski definition) is 14. The van der Waals surface area contributed by atoms with Crippen molar-refractivity contribution in [2.45, 2.75) is 109 Å². The quantitative estimate of drug-likeness (QED) is 0.113. The lowest BCUT2D eigenvalue weighted by atomic mass is 9.95. The molecule has 0 radical (unpaired) electrons. The molecule has 16 nitrogen and oxygen atoms in total. The predicted molar refractivity (Wildman–Crippen MR) is 173 cm³/mol. The van der Waals surface area contributed by atoms with Gasteiger partial charge in [0.25, 0.3) is 5.91 Å². The highest BCUT2D eigenvalue weighted by molar-refractivity contribution is 5.94. The number of hydrogen-bond donors (Lipinski definition) is 2. The van der Waals surface area contributed by atoms with E-state index in [0.717, 1.165) is 54.3 Å². The minimum absolute atomic E-state index is 0.0591. The SMILES string of the molecule is COC(=O)CC(CC(=O)OC)O[C@H]1O[C@H](COC(C)=O)[C@@H](OC(C)=O)[C@H](OC(C)=O)[C@@H]1NC(=O)CCCCCCCNC(=O)c1ccccc1. The van der Waals surface area contributed by atoms with Gasteiger partial charge in [-0.1, -0.05) is 37.5 Å². The van der Waals surface area contributed by atoms with E-state index in [1.165, 1.54) is 0 Å². The lowest BCUT2D eigenvalue weighted by Gasteiger charge is -2.45. The van der Waals surface area contributed by atoms with Gasteiger partial charge in [-0.15, -0.1) is 0 Å². The number of ether oxygens (including phenoxy) is 7. The molecule has 50 heavy (non-hydrogen) atoms. The van der Waals surface area contributed by atoms with Crippen LogP contribution in [0, 0.1) is 0 Å². The van der Waals surface area contributed by atoms with Gasteiger partial charge in [0.2, 0.25) is 5.91 Å². The van der Waals surface area contributed by atoms with Crippen molar-refractivity contribution in [3.05, 3.63) is 35.9 Å². The normalized spacial score (nSPS) is 19.8. The second-order valence-electron chi connectivity index (χ2n) is 11.5. The zero-order valence-corrected chi connectivity index (χ0v) is 29.1. The standard InChI is InChI=1S/C34H48N2O14/c1-21(37)46-20-26-31(47-22(2)38)32(48-23(3)39)30(34(50-26)49-25(18-28(41)44-4)19-29(42)45-5)36-27(40)16-12-7-6-8-13-17-35-33(43)24-14-10-9-11-15-24/h9-11,14-15,25-26,30-32,34H,6-8,12-13,16-20H2,1-5H3,(H,35,43)(H,36,40)/t26-,30+,31-,32-,34+/m1/s1. The van der Waals surface area contributed by atoms with E-state index in [1.54, 1.807) is 24.3 Å². The molecule has 2 rings (SSSR count). The zero-order valence-electron chi connectivity index (χ0n) is 29.1. The molecule has 0 aromatic heterocycles. The van der Waals surface area contributed by atoms with Crippen LogP contribution in [-0.4, -0.2) is 106 Å². The Hall–Kier alpha value is -4.57. The fraction of sp³-hybridized carbons (Fsp3) is 0.618. The summed E-state index contributed by atoms with van der Waals surface area (Å²) in [5, 5.41) is 5.63. The van der Waals surface area contributed by atoms with Gasteiger partial charge in [-0.25, -0.2) is 0 Å². The first kappa shape index (κ1) is 41.6. The van der Waals surface area contributed by atoms with E-state index in [2.05, 4.69) is 10.6 Å². The number of esters is 5. The number of carbonyl (C=O) groups is 7. The summed E-state index contributed by atoms with van der Waals surface area (Å²) in [5.74, 6) is -4.31. The number of carbonyl (C=O) groups excluding carboxylic acids is 7. The molecular weight excluding hydrogens is 660 g/mol. The predicted octanol–water partition coefficient (Wildman–Crippen LogP) is 1.90. The van der Waals surface area contributed by atoms with E-state index in [4.69, 9.17) is 33.2 Å². The zero-order chi connectivity index (χ0) is 37.1. The summed E-state index contributed by atoms with van der Waals surface area (Å²) >= 11 is 0. The number of nitrogens with one attached hydrogen (secondary N) is 2. The van der Waals surface area contributed by atoms with E-state index in [1.807, 2.05) is 6.07 Å². The largest absolute Gasteiger partial charge is 0.469 e. The fourth-order valence-corrected chi connectivity index (χ4v) is 5.16. The summed E-state index contributed by atoms with van der Waals surface area (Å²) in [7, 11) is 2.30.